The number of amides is 1. The molecule has 0 aliphatic carbocycles. The Hall–Kier alpha value is -3.44. The van der Waals surface area contributed by atoms with Crippen molar-refractivity contribution in [3.8, 4) is 11.1 Å². The van der Waals surface area contributed by atoms with Gasteiger partial charge in [0.15, 0.2) is 0 Å². The summed E-state index contributed by atoms with van der Waals surface area (Å²) in [6.45, 7) is 6.09. The van der Waals surface area contributed by atoms with E-state index in [4.69, 9.17) is 4.74 Å². The van der Waals surface area contributed by atoms with E-state index in [2.05, 4.69) is 11.4 Å². The van der Waals surface area contributed by atoms with Gasteiger partial charge in [0.1, 0.15) is 10.6 Å². The van der Waals surface area contributed by atoms with Gasteiger partial charge in [-0.2, -0.15) is 0 Å². The van der Waals surface area contributed by atoms with E-state index in [1.54, 1.807) is 13.0 Å². The number of esters is 1. The molecule has 0 saturated carbocycles. The number of carbonyl (C=O) groups excluding carboxylic acids is 2. The normalized spacial score (nSPS) is 10.8. The molecule has 1 N–H and O–H groups in total. The maximum absolute atomic E-state index is 13.2. The highest BCUT2D eigenvalue weighted by molar-refractivity contribution is 7.15. The summed E-state index contributed by atoms with van der Waals surface area (Å²) in [6, 6.07) is 19.5. The Labute approximate surface area is 185 Å². The fourth-order valence-corrected chi connectivity index (χ4v) is 4.71. The highest BCUT2D eigenvalue weighted by atomic mass is 32.1. The second-order valence-corrected chi connectivity index (χ2v) is 8.25. The average molecular weight is 430 g/mol. The number of hydrogen-bond acceptors (Lipinski definition) is 4. The Morgan fingerprint density at radius 3 is 2.52 bits per heavy atom. The predicted octanol–water partition coefficient (Wildman–Crippen LogP) is 6.61. The number of hydrogen-bond donors (Lipinski definition) is 1. The van der Waals surface area contributed by atoms with Gasteiger partial charge in [0.2, 0.25) is 0 Å². The summed E-state index contributed by atoms with van der Waals surface area (Å²) < 4.78 is 5.33. The lowest BCUT2D eigenvalue weighted by Crippen LogP contribution is -2.15. The van der Waals surface area contributed by atoms with Crippen LogP contribution in [0.15, 0.2) is 66.0 Å². The highest BCUT2D eigenvalue weighted by Crippen LogP contribution is 2.38. The number of benzene rings is 3. The molecule has 0 bridgehead atoms. The van der Waals surface area contributed by atoms with Crippen molar-refractivity contribution in [2.24, 2.45) is 0 Å². The molecule has 156 valence electrons. The summed E-state index contributed by atoms with van der Waals surface area (Å²) in [5.74, 6) is -0.691. The topological polar surface area (TPSA) is 55.4 Å². The number of carbonyl (C=O) groups is 2. The van der Waals surface area contributed by atoms with Crippen molar-refractivity contribution in [1.82, 2.24) is 0 Å². The molecule has 0 radical (unpaired) electrons. The molecule has 3 aromatic carbocycles. The van der Waals surface area contributed by atoms with Crippen LogP contribution in [0.4, 0.5) is 5.00 Å². The first-order chi connectivity index (χ1) is 15.0. The van der Waals surface area contributed by atoms with E-state index in [0.717, 1.165) is 33.0 Å². The number of nitrogens with one attached hydrogen (secondary N) is 1. The van der Waals surface area contributed by atoms with Crippen molar-refractivity contribution in [1.29, 1.82) is 0 Å². The molecule has 4 rings (SSSR count). The lowest BCUT2D eigenvalue weighted by molar-refractivity contribution is 0.0529. The van der Waals surface area contributed by atoms with Crippen molar-refractivity contribution in [2.75, 3.05) is 11.9 Å². The van der Waals surface area contributed by atoms with Crippen molar-refractivity contribution >= 4 is 39.0 Å². The van der Waals surface area contributed by atoms with Crippen molar-refractivity contribution in [3.63, 3.8) is 0 Å². The van der Waals surface area contributed by atoms with Crippen LogP contribution in [0.5, 0.6) is 0 Å². The molecule has 0 aliphatic rings. The SMILES string of the molecule is CCOC(=O)c1c(-c2ccc(C)cc2C)csc1NC(=O)c1cccc2ccccc12. The monoisotopic (exact) mass is 429 g/mol. The van der Waals surface area contributed by atoms with E-state index in [1.165, 1.54) is 11.3 Å². The lowest BCUT2D eigenvalue weighted by Gasteiger charge is -2.11. The summed E-state index contributed by atoms with van der Waals surface area (Å²) in [5.41, 5.74) is 4.90. The van der Waals surface area contributed by atoms with Gasteiger partial charge in [0.25, 0.3) is 5.91 Å². The smallest absolute Gasteiger partial charge is 0.341 e. The molecule has 0 spiro atoms. The number of fused-ring (bicyclic) bond motifs is 1. The van der Waals surface area contributed by atoms with Crippen LogP contribution in [-0.4, -0.2) is 18.5 Å². The fraction of sp³-hybridized carbons (Fsp3) is 0.154. The van der Waals surface area contributed by atoms with Gasteiger partial charge in [0.05, 0.1) is 6.61 Å². The molecular formula is C26H23NO3S. The van der Waals surface area contributed by atoms with Crippen molar-refractivity contribution < 1.29 is 14.3 Å². The van der Waals surface area contributed by atoms with Crippen LogP contribution in [0, 0.1) is 13.8 Å². The first-order valence-electron chi connectivity index (χ1n) is 10.1. The number of rotatable bonds is 5. The van der Waals surface area contributed by atoms with E-state index in [-0.39, 0.29) is 12.5 Å². The number of anilines is 1. The minimum atomic E-state index is -0.438. The van der Waals surface area contributed by atoms with E-state index < -0.39 is 5.97 Å². The molecule has 1 amide bonds. The Kier molecular flexibility index (Phi) is 5.87. The van der Waals surface area contributed by atoms with Gasteiger partial charge in [-0.15, -0.1) is 11.3 Å². The van der Waals surface area contributed by atoms with Crippen LogP contribution in [-0.2, 0) is 4.74 Å². The molecule has 1 heterocycles. The van der Waals surface area contributed by atoms with Crippen LogP contribution in [0.2, 0.25) is 0 Å². The molecule has 0 unspecified atom stereocenters. The Morgan fingerprint density at radius 1 is 0.968 bits per heavy atom. The minimum Gasteiger partial charge on any atom is -0.462 e. The van der Waals surface area contributed by atoms with Gasteiger partial charge in [0, 0.05) is 16.5 Å². The zero-order valence-corrected chi connectivity index (χ0v) is 18.5. The van der Waals surface area contributed by atoms with Crippen molar-refractivity contribution in [3.05, 3.63) is 88.3 Å². The van der Waals surface area contributed by atoms with Gasteiger partial charge in [-0.3, -0.25) is 4.79 Å². The van der Waals surface area contributed by atoms with Gasteiger partial charge in [-0.1, -0.05) is 60.2 Å². The number of aryl methyl sites for hydroxylation is 2. The molecular weight excluding hydrogens is 406 g/mol. The lowest BCUT2D eigenvalue weighted by atomic mass is 9.97. The maximum atomic E-state index is 13.2. The second-order valence-electron chi connectivity index (χ2n) is 7.37. The predicted molar refractivity (Wildman–Crippen MR) is 127 cm³/mol. The number of ether oxygens (including phenoxy) is 1. The first kappa shape index (κ1) is 20.8. The molecule has 0 aliphatic heterocycles. The van der Waals surface area contributed by atoms with E-state index in [9.17, 15) is 9.59 Å². The summed E-state index contributed by atoms with van der Waals surface area (Å²) in [6.07, 6.45) is 0. The van der Waals surface area contributed by atoms with Crippen LogP contribution in [0.3, 0.4) is 0 Å². The van der Waals surface area contributed by atoms with Gasteiger partial charge < -0.3 is 10.1 Å². The summed E-state index contributed by atoms with van der Waals surface area (Å²) in [7, 11) is 0. The quantitative estimate of drug-likeness (QED) is 0.363. The first-order valence-corrected chi connectivity index (χ1v) is 11.0. The average Bonchev–Trinajstić information content (AvgIpc) is 3.16. The molecule has 5 heteroatoms. The summed E-state index contributed by atoms with van der Waals surface area (Å²) in [4.78, 5) is 26.0. The molecule has 0 saturated heterocycles. The Balaban J connectivity index is 1.77. The fourth-order valence-electron chi connectivity index (χ4n) is 3.76. The third-order valence-corrected chi connectivity index (χ3v) is 6.10. The summed E-state index contributed by atoms with van der Waals surface area (Å²) >= 11 is 1.33. The maximum Gasteiger partial charge on any atom is 0.341 e. The van der Waals surface area contributed by atoms with Gasteiger partial charge in [-0.05, 0) is 48.7 Å². The largest absolute Gasteiger partial charge is 0.462 e. The zero-order valence-electron chi connectivity index (χ0n) is 17.7. The van der Waals surface area contributed by atoms with Crippen LogP contribution in [0.25, 0.3) is 21.9 Å². The molecule has 1 aromatic heterocycles. The number of thiophene rings is 1. The van der Waals surface area contributed by atoms with Crippen LogP contribution >= 0.6 is 11.3 Å². The third-order valence-electron chi connectivity index (χ3n) is 5.20. The Morgan fingerprint density at radius 2 is 1.74 bits per heavy atom. The van der Waals surface area contributed by atoms with Crippen LogP contribution in [0.1, 0.15) is 38.8 Å². The molecule has 4 nitrogen and oxygen atoms in total. The van der Waals surface area contributed by atoms with Gasteiger partial charge in [-0.25, -0.2) is 4.79 Å². The third kappa shape index (κ3) is 4.09. The zero-order chi connectivity index (χ0) is 22.0. The molecule has 31 heavy (non-hydrogen) atoms. The second kappa shape index (κ2) is 8.74. The highest BCUT2D eigenvalue weighted by Gasteiger charge is 2.24. The Bertz CT molecular complexity index is 1280. The van der Waals surface area contributed by atoms with Crippen molar-refractivity contribution in [2.45, 2.75) is 20.8 Å². The molecule has 4 aromatic rings. The van der Waals surface area contributed by atoms with Gasteiger partial charge >= 0.3 is 5.97 Å². The van der Waals surface area contributed by atoms with E-state index in [0.29, 0.717) is 16.1 Å². The summed E-state index contributed by atoms with van der Waals surface area (Å²) in [5, 5.41) is 7.21. The molecule has 0 fully saturated rings. The van der Waals surface area contributed by atoms with Crippen LogP contribution < -0.4 is 5.32 Å². The molecule has 0 atom stereocenters. The standard InChI is InChI=1S/C26H23NO3S/c1-4-30-26(29)23-22(19-13-12-16(2)14-17(19)3)15-31-25(23)27-24(28)21-11-7-9-18-8-5-6-10-20(18)21/h5-15H,4H2,1-3H3,(H,27,28). The minimum absolute atomic E-state index is 0.253. The van der Waals surface area contributed by atoms with E-state index in [1.807, 2.05) is 67.8 Å². The van der Waals surface area contributed by atoms with E-state index >= 15 is 0 Å².